The van der Waals surface area contributed by atoms with Gasteiger partial charge in [0.15, 0.2) is 6.61 Å². The van der Waals surface area contributed by atoms with Crippen LogP contribution in [-0.4, -0.2) is 25.1 Å². The molecule has 0 unspecified atom stereocenters. The molecular weight excluding hydrogens is 442 g/mol. The van der Waals surface area contributed by atoms with Crippen LogP contribution in [0.4, 0.5) is 5.00 Å². The number of halogens is 2. The fraction of sp³-hybridized carbons (Fsp3) is 0.333. The van der Waals surface area contributed by atoms with Crippen molar-refractivity contribution in [3.05, 3.63) is 44.2 Å². The zero-order valence-electron chi connectivity index (χ0n) is 14.6. The van der Waals surface area contributed by atoms with Gasteiger partial charge in [0.05, 0.1) is 16.6 Å². The summed E-state index contributed by atoms with van der Waals surface area (Å²) < 4.78 is 11.2. The molecule has 5 nitrogen and oxygen atoms in total. The number of benzene rings is 1. The average molecular weight is 461 g/mol. The Morgan fingerprint density at radius 1 is 1.31 bits per heavy atom. The van der Waals surface area contributed by atoms with Gasteiger partial charge in [-0.3, -0.25) is 4.79 Å². The van der Waals surface area contributed by atoms with Crippen molar-refractivity contribution < 1.29 is 19.1 Å². The first-order valence-electron chi connectivity index (χ1n) is 8.00. The van der Waals surface area contributed by atoms with Crippen molar-refractivity contribution in [2.24, 2.45) is 0 Å². The fourth-order valence-electron chi connectivity index (χ4n) is 2.05. The second kappa shape index (κ2) is 9.39. The van der Waals surface area contributed by atoms with Crippen LogP contribution in [-0.2, 0) is 9.53 Å². The van der Waals surface area contributed by atoms with E-state index in [9.17, 15) is 9.59 Å². The average Bonchev–Trinajstić information content (AvgIpc) is 2.98. The van der Waals surface area contributed by atoms with Crippen LogP contribution in [0.1, 0.15) is 41.9 Å². The molecule has 1 heterocycles. The summed E-state index contributed by atoms with van der Waals surface area (Å²) in [6.07, 6.45) is 0. The number of hydrogen-bond acceptors (Lipinski definition) is 5. The van der Waals surface area contributed by atoms with Gasteiger partial charge in [-0.25, -0.2) is 4.79 Å². The quantitative estimate of drug-likeness (QED) is 0.556. The summed E-state index contributed by atoms with van der Waals surface area (Å²) in [7, 11) is 0. The predicted octanol–water partition coefficient (Wildman–Crippen LogP) is 5.48. The van der Waals surface area contributed by atoms with Crippen molar-refractivity contribution in [3.8, 4) is 5.75 Å². The summed E-state index contributed by atoms with van der Waals surface area (Å²) in [5, 5.41) is 3.77. The maximum Gasteiger partial charge on any atom is 0.341 e. The summed E-state index contributed by atoms with van der Waals surface area (Å²) in [5.41, 5.74) is 0.363. The molecule has 0 aliphatic carbocycles. The van der Waals surface area contributed by atoms with E-state index in [0.29, 0.717) is 25.8 Å². The SMILES string of the molecule is CCOC(=O)c1cc(C(C)C)sc1NC(=O)COc1ccc(Cl)cc1Br. The van der Waals surface area contributed by atoms with Crippen LogP contribution >= 0.6 is 38.9 Å². The number of anilines is 1. The van der Waals surface area contributed by atoms with E-state index in [2.05, 4.69) is 21.2 Å². The minimum atomic E-state index is -0.452. The van der Waals surface area contributed by atoms with E-state index < -0.39 is 5.97 Å². The van der Waals surface area contributed by atoms with Gasteiger partial charge < -0.3 is 14.8 Å². The molecule has 0 saturated carbocycles. The topological polar surface area (TPSA) is 64.6 Å². The zero-order chi connectivity index (χ0) is 19.3. The van der Waals surface area contributed by atoms with E-state index in [0.717, 1.165) is 4.88 Å². The smallest absolute Gasteiger partial charge is 0.341 e. The van der Waals surface area contributed by atoms with Gasteiger partial charge >= 0.3 is 5.97 Å². The summed E-state index contributed by atoms with van der Waals surface area (Å²) >= 11 is 10.6. The van der Waals surface area contributed by atoms with Gasteiger partial charge in [0.1, 0.15) is 10.8 Å². The van der Waals surface area contributed by atoms with Gasteiger partial charge in [-0.05, 0) is 53.0 Å². The third kappa shape index (κ3) is 5.46. The largest absolute Gasteiger partial charge is 0.483 e. The van der Waals surface area contributed by atoms with Crippen molar-refractivity contribution in [3.63, 3.8) is 0 Å². The highest BCUT2D eigenvalue weighted by molar-refractivity contribution is 9.10. The number of esters is 1. The van der Waals surface area contributed by atoms with Crippen LogP contribution in [0.15, 0.2) is 28.7 Å². The molecule has 26 heavy (non-hydrogen) atoms. The minimum absolute atomic E-state index is 0.197. The molecule has 0 fully saturated rings. The first-order chi connectivity index (χ1) is 12.3. The highest BCUT2D eigenvalue weighted by Gasteiger charge is 2.20. The molecule has 0 saturated heterocycles. The maximum absolute atomic E-state index is 12.3. The summed E-state index contributed by atoms with van der Waals surface area (Å²) in [5.74, 6) is -0.0776. The van der Waals surface area contributed by atoms with Crippen LogP contribution in [0.5, 0.6) is 5.75 Å². The molecule has 2 rings (SSSR count). The van der Waals surface area contributed by atoms with E-state index in [1.807, 2.05) is 13.8 Å². The minimum Gasteiger partial charge on any atom is -0.483 e. The Kier molecular flexibility index (Phi) is 7.49. The molecular formula is C18H19BrClNO4S. The summed E-state index contributed by atoms with van der Waals surface area (Å²) in [4.78, 5) is 25.4. The lowest BCUT2D eigenvalue weighted by molar-refractivity contribution is -0.118. The molecule has 1 aromatic carbocycles. The van der Waals surface area contributed by atoms with E-state index in [1.165, 1.54) is 11.3 Å². The van der Waals surface area contributed by atoms with E-state index in [4.69, 9.17) is 21.1 Å². The second-order valence-electron chi connectivity index (χ2n) is 5.68. The Balaban J connectivity index is 2.08. The Morgan fingerprint density at radius 2 is 2.04 bits per heavy atom. The molecule has 1 amide bonds. The zero-order valence-corrected chi connectivity index (χ0v) is 17.8. The van der Waals surface area contributed by atoms with E-state index in [1.54, 1.807) is 31.2 Å². The fourth-order valence-corrected chi connectivity index (χ4v) is 3.91. The van der Waals surface area contributed by atoms with Crippen molar-refractivity contribution >= 4 is 55.7 Å². The molecule has 2 aromatic rings. The van der Waals surface area contributed by atoms with Crippen molar-refractivity contribution in [1.29, 1.82) is 0 Å². The molecule has 0 atom stereocenters. The van der Waals surface area contributed by atoms with Crippen LogP contribution < -0.4 is 10.1 Å². The molecule has 1 N–H and O–H groups in total. The number of hydrogen-bond donors (Lipinski definition) is 1. The molecule has 8 heteroatoms. The van der Waals surface area contributed by atoms with Crippen LogP contribution in [0.25, 0.3) is 0 Å². The molecule has 0 bridgehead atoms. The Morgan fingerprint density at radius 3 is 2.65 bits per heavy atom. The lowest BCUT2D eigenvalue weighted by Crippen LogP contribution is -2.21. The Hall–Kier alpha value is -1.57. The lowest BCUT2D eigenvalue weighted by Gasteiger charge is -2.09. The monoisotopic (exact) mass is 459 g/mol. The highest BCUT2D eigenvalue weighted by atomic mass is 79.9. The number of carbonyl (C=O) groups excluding carboxylic acids is 2. The van der Waals surface area contributed by atoms with Gasteiger partial charge in [-0.1, -0.05) is 25.4 Å². The number of thiophene rings is 1. The molecule has 0 aliphatic heterocycles. The number of nitrogens with one attached hydrogen (secondary N) is 1. The Labute approximate surface area is 169 Å². The van der Waals surface area contributed by atoms with Crippen molar-refractivity contribution in [1.82, 2.24) is 0 Å². The maximum atomic E-state index is 12.3. The number of rotatable bonds is 7. The third-order valence-electron chi connectivity index (χ3n) is 3.32. The molecule has 1 aromatic heterocycles. The van der Waals surface area contributed by atoms with Gasteiger partial charge in [0.25, 0.3) is 5.91 Å². The molecule has 0 radical (unpaired) electrons. The number of carbonyl (C=O) groups is 2. The van der Waals surface area contributed by atoms with Crippen LogP contribution in [0.2, 0.25) is 5.02 Å². The number of amides is 1. The van der Waals surface area contributed by atoms with Crippen molar-refractivity contribution in [2.45, 2.75) is 26.7 Å². The van der Waals surface area contributed by atoms with Crippen LogP contribution in [0, 0.1) is 0 Å². The first kappa shape index (κ1) is 20.7. The molecule has 0 spiro atoms. The predicted molar refractivity (Wildman–Crippen MR) is 108 cm³/mol. The van der Waals surface area contributed by atoms with Crippen LogP contribution in [0.3, 0.4) is 0 Å². The Bertz CT molecular complexity index is 806. The lowest BCUT2D eigenvalue weighted by atomic mass is 10.1. The van der Waals surface area contributed by atoms with Gasteiger partial charge in [-0.2, -0.15) is 0 Å². The summed E-state index contributed by atoms with van der Waals surface area (Å²) in [6.45, 7) is 5.86. The number of ether oxygens (including phenoxy) is 2. The summed E-state index contributed by atoms with van der Waals surface area (Å²) in [6, 6.07) is 6.79. The van der Waals surface area contributed by atoms with Gasteiger partial charge in [0.2, 0.25) is 0 Å². The molecule has 0 aliphatic rings. The van der Waals surface area contributed by atoms with Crippen molar-refractivity contribution in [2.75, 3.05) is 18.5 Å². The van der Waals surface area contributed by atoms with E-state index in [-0.39, 0.29) is 25.0 Å². The molecule has 140 valence electrons. The standard InChI is InChI=1S/C18H19BrClNO4S/c1-4-24-18(23)12-8-15(10(2)3)26-17(12)21-16(22)9-25-14-6-5-11(20)7-13(14)19/h5-8,10H,4,9H2,1-3H3,(H,21,22). The van der Waals surface area contributed by atoms with Gasteiger partial charge in [0, 0.05) is 9.90 Å². The normalized spacial score (nSPS) is 10.7. The third-order valence-corrected chi connectivity index (χ3v) is 5.53. The first-order valence-corrected chi connectivity index (χ1v) is 9.99. The highest BCUT2D eigenvalue weighted by Crippen LogP contribution is 2.33. The van der Waals surface area contributed by atoms with E-state index >= 15 is 0 Å². The second-order valence-corrected chi connectivity index (χ2v) is 8.05. The van der Waals surface area contributed by atoms with Gasteiger partial charge in [-0.15, -0.1) is 11.3 Å².